The average Bonchev–Trinajstić information content (AvgIpc) is 3.22. The molecule has 0 saturated heterocycles. The van der Waals surface area contributed by atoms with Crippen LogP contribution in [0.5, 0.6) is 0 Å². The minimum atomic E-state index is -0.441. The van der Waals surface area contributed by atoms with Gasteiger partial charge in [0.2, 0.25) is 0 Å². The van der Waals surface area contributed by atoms with Gasteiger partial charge in [0.05, 0.1) is 12.1 Å². The molecule has 3 rings (SSSR count). The number of hydrogen-bond acceptors (Lipinski definition) is 5. The van der Waals surface area contributed by atoms with Gasteiger partial charge < -0.3 is 9.53 Å². The van der Waals surface area contributed by atoms with Crippen molar-refractivity contribution < 1.29 is 14.3 Å². The van der Waals surface area contributed by atoms with E-state index < -0.39 is 5.97 Å². The highest BCUT2D eigenvalue weighted by molar-refractivity contribution is 7.09. The van der Waals surface area contributed by atoms with Crippen molar-refractivity contribution in [1.82, 2.24) is 4.98 Å². The Morgan fingerprint density at radius 3 is 2.50 bits per heavy atom. The third-order valence-corrected chi connectivity index (χ3v) is 5.55. The highest BCUT2D eigenvalue weighted by Crippen LogP contribution is 2.21. The topological polar surface area (TPSA) is 56.3 Å². The monoisotopic (exact) mass is 393 g/mol. The van der Waals surface area contributed by atoms with Crippen LogP contribution in [0.3, 0.4) is 0 Å². The lowest BCUT2D eigenvalue weighted by Crippen LogP contribution is -2.08. The zero-order valence-electron chi connectivity index (χ0n) is 15.8. The number of aromatic nitrogens is 1. The predicted molar refractivity (Wildman–Crippen MR) is 112 cm³/mol. The van der Waals surface area contributed by atoms with Gasteiger partial charge in [0.1, 0.15) is 6.29 Å². The van der Waals surface area contributed by atoms with Gasteiger partial charge in [-0.1, -0.05) is 54.6 Å². The molecular formula is C23H23NO3S. The van der Waals surface area contributed by atoms with Crippen molar-refractivity contribution in [2.24, 2.45) is 5.92 Å². The van der Waals surface area contributed by atoms with Crippen LogP contribution in [-0.4, -0.2) is 24.3 Å². The molecule has 3 aromatic rings. The minimum absolute atomic E-state index is 0.0831. The first kappa shape index (κ1) is 20.0. The summed E-state index contributed by atoms with van der Waals surface area (Å²) in [6, 6.07) is 18.9. The molecule has 1 aromatic heterocycles. The second-order valence-electron chi connectivity index (χ2n) is 6.67. The molecular weight excluding hydrogens is 370 g/mol. The van der Waals surface area contributed by atoms with Gasteiger partial charge in [0.25, 0.3) is 0 Å². The van der Waals surface area contributed by atoms with Crippen molar-refractivity contribution in [2.45, 2.75) is 25.7 Å². The molecule has 1 unspecified atom stereocenters. The summed E-state index contributed by atoms with van der Waals surface area (Å²) in [5, 5.41) is 2.47. The van der Waals surface area contributed by atoms with Crippen molar-refractivity contribution in [3.8, 4) is 11.1 Å². The third kappa shape index (κ3) is 5.36. The third-order valence-electron chi connectivity index (χ3n) is 4.68. The zero-order chi connectivity index (χ0) is 19.8. The van der Waals surface area contributed by atoms with Crippen molar-refractivity contribution in [3.05, 3.63) is 76.2 Å². The fourth-order valence-electron chi connectivity index (χ4n) is 3.11. The Balaban J connectivity index is 1.49. The fraction of sp³-hybridized carbons (Fsp3) is 0.261. The summed E-state index contributed by atoms with van der Waals surface area (Å²) >= 11 is 1.40. The first-order chi connectivity index (χ1) is 13.7. The summed E-state index contributed by atoms with van der Waals surface area (Å²) in [5.74, 6) is -0.524. The van der Waals surface area contributed by atoms with E-state index in [1.807, 2.05) is 18.2 Å². The van der Waals surface area contributed by atoms with E-state index in [-0.39, 0.29) is 5.92 Å². The van der Waals surface area contributed by atoms with Crippen LogP contribution in [0.1, 0.15) is 33.9 Å². The Labute approximate surface area is 169 Å². The van der Waals surface area contributed by atoms with E-state index in [0.717, 1.165) is 30.6 Å². The van der Waals surface area contributed by atoms with Gasteiger partial charge in [-0.15, -0.1) is 11.3 Å². The number of hydrogen-bond donors (Lipinski definition) is 0. The van der Waals surface area contributed by atoms with Gasteiger partial charge in [-0.25, -0.2) is 9.78 Å². The number of thiazole rings is 1. The number of aldehydes is 1. The molecule has 0 bridgehead atoms. The first-order valence-corrected chi connectivity index (χ1v) is 10.2. The maximum Gasteiger partial charge on any atom is 0.357 e. The van der Waals surface area contributed by atoms with Crippen LogP contribution < -0.4 is 0 Å². The van der Waals surface area contributed by atoms with Crippen molar-refractivity contribution in [1.29, 1.82) is 0 Å². The van der Waals surface area contributed by atoms with Gasteiger partial charge in [-0.05, 0) is 36.0 Å². The molecule has 144 valence electrons. The lowest BCUT2D eigenvalue weighted by Gasteiger charge is -2.09. The smallest absolute Gasteiger partial charge is 0.357 e. The normalized spacial score (nSPS) is 11.8. The van der Waals surface area contributed by atoms with E-state index in [0.29, 0.717) is 12.1 Å². The summed E-state index contributed by atoms with van der Waals surface area (Å²) in [5.41, 5.74) is 4.00. The molecule has 4 nitrogen and oxygen atoms in total. The Kier molecular flexibility index (Phi) is 7.09. The molecule has 1 heterocycles. The van der Waals surface area contributed by atoms with Crippen molar-refractivity contribution >= 4 is 23.6 Å². The van der Waals surface area contributed by atoms with E-state index in [1.54, 1.807) is 5.38 Å². The SMILES string of the molecule is COC(=O)c1csc(CC(C=O)CCCc2ccc(-c3ccccc3)cc2)n1. The summed E-state index contributed by atoms with van der Waals surface area (Å²) in [6.07, 6.45) is 4.24. The number of carbonyl (C=O) groups is 2. The van der Waals surface area contributed by atoms with Gasteiger partial charge >= 0.3 is 5.97 Å². The molecule has 1 atom stereocenters. The molecule has 0 saturated carbocycles. The molecule has 0 spiro atoms. The van der Waals surface area contributed by atoms with Crippen molar-refractivity contribution in [2.75, 3.05) is 7.11 Å². The van der Waals surface area contributed by atoms with Crippen molar-refractivity contribution in [3.63, 3.8) is 0 Å². The van der Waals surface area contributed by atoms with Crippen LogP contribution in [-0.2, 0) is 22.4 Å². The number of ether oxygens (including phenoxy) is 1. The maximum atomic E-state index is 11.5. The summed E-state index contributed by atoms with van der Waals surface area (Å²) < 4.78 is 4.67. The molecule has 0 N–H and O–H groups in total. The summed E-state index contributed by atoms with van der Waals surface area (Å²) in [6.45, 7) is 0. The number of methoxy groups -OCH3 is 1. The summed E-state index contributed by atoms with van der Waals surface area (Å²) in [7, 11) is 1.34. The minimum Gasteiger partial charge on any atom is -0.464 e. The van der Waals surface area contributed by atoms with Crippen LogP contribution in [0.15, 0.2) is 60.0 Å². The van der Waals surface area contributed by atoms with Gasteiger partial charge in [-0.3, -0.25) is 0 Å². The van der Waals surface area contributed by atoms with E-state index in [2.05, 4.69) is 46.1 Å². The number of nitrogens with zero attached hydrogens (tertiary/aromatic N) is 1. The Hall–Kier alpha value is -2.79. The predicted octanol–water partition coefficient (Wildman–Crippen LogP) is 4.98. The number of carbonyl (C=O) groups excluding carboxylic acids is 2. The molecule has 0 radical (unpaired) electrons. The Morgan fingerprint density at radius 1 is 1.11 bits per heavy atom. The highest BCUT2D eigenvalue weighted by atomic mass is 32.1. The molecule has 0 aliphatic heterocycles. The second kappa shape index (κ2) is 9.95. The molecule has 2 aromatic carbocycles. The van der Waals surface area contributed by atoms with Gasteiger partial charge in [-0.2, -0.15) is 0 Å². The molecule has 0 aliphatic carbocycles. The Morgan fingerprint density at radius 2 is 1.82 bits per heavy atom. The molecule has 0 fully saturated rings. The van der Waals surface area contributed by atoms with Crippen LogP contribution >= 0.6 is 11.3 Å². The van der Waals surface area contributed by atoms with Crippen LogP contribution in [0, 0.1) is 5.92 Å². The van der Waals surface area contributed by atoms with E-state index in [9.17, 15) is 9.59 Å². The second-order valence-corrected chi connectivity index (χ2v) is 7.62. The number of esters is 1. The number of rotatable bonds is 9. The van der Waals surface area contributed by atoms with Gasteiger partial charge in [0, 0.05) is 17.7 Å². The molecule has 5 heteroatoms. The highest BCUT2D eigenvalue weighted by Gasteiger charge is 2.15. The van der Waals surface area contributed by atoms with E-state index in [1.165, 1.54) is 35.1 Å². The lowest BCUT2D eigenvalue weighted by molar-refractivity contribution is -0.111. The number of aryl methyl sites for hydroxylation is 1. The molecule has 28 heavy (non-hydrogen) atoms. The first-order valence-electron chi connectivity index (χ1n) is 9.32. The van der Waals surface area contributed by atoms with Crippen LogP contribution in [0.4, 0.5) is 0 Å². The van der Waals surface area contributed by atoms with E-state index in [4.69, 9.17) is 0 Å². The standard InChI is InChI=1S/C23H23NO3S/c1-27-23(26)21-16-28-22(24-21)14-18(15-25)7-5-6-17-10-12-20(13-11-17)19-8-3-2-4-9-19/h2-4,8-13,15-16,18H,5-7,14H2,1H3. The lowest BCUT2D eigenvalue weighted by atomic mass is 9.97. The zero-order valence-corrected chi connectivity index (χ0v) is 16.7. The van der Waals surface area contributed by atoms with Crippen LogP contribution in [0.25, 0.3) is 11.1 Å². The molecule has 0 aliphatic rings. The Bertz CT molecular complexity index is 903. The fourth-order valence-corrected chi connectivity index (χ4v) is 3.97. The largest absolute Gasteiger partial charge is 0.464 e. The maximum absolute atomic E-state index is 11.5. The van der Waals surface area contributed by atoms with Crippen LogP contribution in [0.2, 0.25) is 0 Å². The summed E-state index contributed by atoms with van der Waals surface area (Å²) in [4.78, 5) is 27.2. The molecule has 0 amide bonds. The number of benzene rings is 2. The van der Waals surface area contributed by atoms with Gasteiger partial charge in [0.15, 0.2) is 5.69 Å². The quantitative estimate of drug-likeness (QED) is 0.380. The van der Waals surface area contributed by atoms with E-state index >= 15 is 0 Å². The average molecular weight is 394 g/mol.